The van der Waals surface area contributed by atoms with E-state index in [2.05, 4.69) is 41.2 Å². The summed E-state index contributed by atoms with van der Waals surface area (Å²) in [5.41, 5.74) is 7.91. The Hall–Kier alpha value is -3.12. The maximum Gasteiger partial charge on any atom is 0.254 e. The van der Waals surface area contributed by atoms with E-state index in [1.807, 2.05) is 4.90 Å². The van der Waals surface area contributed by atoms with E-state index in [-0.39, 0.29) is 5.91 Å². The third-order valence-corrected chi connectivity index (χ3v) is 5.85. The van der Waals surface area contributed by atoms with Crippen molar-refractivity contribution in [3.05, 3.63) is 69.4 Å². The summed E-state index contributed by atoms with van der Waals surface area (Å²) >= 11 is 6.03. The Labute approximate surface area is 172 Å². The molecule has 1 aliphatic rings. The van der Waals surface area contributed by atoms with E-state index >= 15 is 0 Å². The first kappa shape index (κ1) is 17.9. The largest absolute Gasteiger partial charge is 0.337 e. The van der Waals surface area contributed by atoms with Crippen molar-refractivity contribution in [2.75, 3.05) is 6.54 Å². The van der Waals surface area contributed by atoms with Gasteiger partial charge in [0.25, 0.3) is 5.91 Å². The van der Waals surface area contributed by atoms with Gasteiger partial charge in [0.1, 0.15) is 5.69 Å². The van der Waals surface area contributed by atoms with Crippen molar-refractivity contribution in [2.45, 2.75) is 26.8 Å². The molecule has 3 heterocycles. The maximum atomic E-state index is 12.8. The third kappa shape index (κ3) is 3.09. The molecule has 0 radical (unpaired) electrons. The fourth-order valence-corrected chi connectivity index (χ4v) is 4.06. The SMILES string of the molecule is Cc1cc2nc(-c3[nH]nc4c3CCN(C(=O)c3cccc(Cl)c3)C4)[nH]c2cc1C. The predicted molar refractivity (Wildman–Crippen MR) is 113 cm³/mol. The van der Waals surface area contributed by atoms with Gasteiger partial charge < -0.3 is 9.88 Å². The molecule has 146 valence electrons. The second-order valence-electron chi connectivity index (χ2n) is 7.55. The molecule has 0 unspecified atom stereocenters. The molecule has 2 aromatic heterocycles. The molecule has 0 aliphatic carbocycles. The van der Waals surface area contributed by atoms with Gasteiger partial charge in [-0.3, -0.25) is 9.89 Å². The Kier molecular flexibility index (Phi) is 4.17. The number of hydrogen-bond acceptors (Lipinski definition) is 3. The zero-order valence-corrected chi connectivity index (χ0v) is 17.0. The number of carbonyl (C=O) groups is 1. The number of imidazole rings is 1. The summed E-state index contributed by atoms with van der Waals surface area (Å²) < 4.78 is 0. The standard InChI is InChI=1S/C22H20ClN5O/c1-12-8-17-18(9-13(12)2)25-21(24-17)20-16-6-7-28(11-19(16)26-27-20)22(29)14-4-3-5-15(23)10-14/h3-5,8-10H,6-7,11H2,1-2H3,(H,24,25)(H,26,27). The van der Waals surface area contributed by atoms with Gasteiger partial charge in [0.15, 0.2) is 5.82 Å². The molecule has 7 heteroatoms. The lowest BCUT2D eigenvalue weighted by Gasteiger charge is -2.26. The lowest BCUT2D eigenvalue weighted by Crippen LogP contribution is -2.36. The Bertz CT molecular complexity index is 1220. The van der Waals surface area contributed by atoms with Gasteiger partial charge in [-0.05, 0) is 61.7 Å². The number of aryl methyl sites for hydroxylation is 2. The van der Waals surface area contributed by atoms with Crippen LogP contribution in [-0.2, 0) is 13.0 Å². The molecule has 5 rings (SSSR count). The van der Waals surface area contributed by atoms with Gasteiger partial charge in [-0.15, -0.1) is 0 Å². The summed E-state index contributed by atoms with van der Waals surface area (Å²) in [6.45, 7) is 5.28. The Morgan fingerprint density at radius 1 is 1.17 bits per heavy atom. The molecule has 6 nitrogen and oxygen atoms in total. The zero-order valence-electron chi connectivity index (χ0n) is 16.2. The van der Waals surface area contributed by atoms with E-state index < -0.39 is 0 Å². The number of carbonyl (C=O) groups excluding carboxylic acids is 1. The van der Waals surface area contributed by atoms with E-state index in [4.69, 9.17) is 16.6 Å². The number of aromatic nitrogens is 4. The number of rotatable bonds is 2. The van der Waals surface area contributed by atoms with E-state index in [0.29, 0.717) is 23.7 Å². The van der Waals surface area contributed by atoms with E-state index in [0.717, 1.165) is 40.2 Å². The summed E-state index contributed by atoms with van der Waals surface area (Å²) in [7, 11) is 0. The fourth-order valence-electron chi connectivity index (χ4n) is 3.87. The van der Waals surface area contributed by atoms with Crippen molar-refractivity contribution in [2.24, 2.45) is 0 Å². The van der Waals surface area contributed by atoms with Crippen molar-refractivity contribution in [1.29, 1.82) is 0 Å². The highest BCUT2D eigenvalue weighted by Crippen LogP contribution is 2.29. The lowest BCUT2D eigenvalue weighted by atomic mass is 10.0. The first-order valence-electron chi connectivity index (χ1n) is 9.58. The highest BCUT2D eigenvalue weighted by atomic mass is 35.5. The lowest BCUT2D eigenvalue weighted by molar-refractivity contribution is 0.0732. The zero-order chi connectivity index (χ0) is 20.1. The number of halogens is 1. The molecule has 1 aliphatic heterocycles. The second kappa shape index (κ2) is 6.74. The molecule has 0 fully saturated rings. The van der Waals surface area contributed by atoms with Crippen LogP contribution < -0.4 is 0 Å². The van der Waals surface area contributed by atoms with E-state index in [9.17, 15) is 4.79 Å². The monoisotopic (exact) mass is 405 g/mol. The molecular formula is C22H20ClN5O. The third-order valence-electron chi connectivity index (χ3n) is 5.62. The topological polar surface area (TPSA) is 77.7 Å². The summed E-state index contributed by atoms with van der Waals surface area (Å²) in [6.07, 6.45) is 0.725. The van der Waals surface area contributed by atoms with Crippen LogP contribution in [0.1, 0.15) is 32.7 Å². The second-order valence-corrected chi connectivity index (χ2v) is 7.99. The quantitative estimate of drug-likeness (QED) is 0.518. The molecule has 4 aromatic rings. The van der Waals surface area contributed by atoms with Crippen LogP contribution in [0.4, 0.5) is 0 Å². The van der Waals surface area contributed by atoms with Gasteiger partial charge in [-0.1, -0.05) is 17.7 Å². The average molecular weight is 406 g/mol. The molecule has 2 N–H and O–H groups in total. The molecule has 2 aromatic carbocycles. The van der Waals surface area contributed by atoms with Crippen LogP contribution in [0.3, 0.4) is 0 Å². The minimum Gasteiger partial charge on any atom is -0.337 e. The van der Waals surface area contributed by atoms with Gasteiger partial charge in [-0.2, -0.15) is 5.10 Å². The highest BCUT2D eigenvalue weighted by molar-refractivity contribution is 6.30. The number of amides is 1. The Morgan fingerprint density at radius 3 is 2.83 bits per heavy atom. The summed E-state index contributed by atoms with van der Waals surface area (Å²) in [5, 5.41) is 8.17. The molecule has 29 heavy (non-hydrogen) atoms. The van der Waals surface area contributed by atoms with Crippen LogP contribution in [-0.4, -0.2) is 37.5 Å². The van der Waals surface area contributed by atoms with Gasteiger partial charge in [0.05, 0.1) is 23.3 Å². The van der Waals surface area contributed by atoms with Crippen LogP contribution >= 0.6 is 11.6 Å². The first-order valence-corrected chi connectivity index (χ1v) is 9.95. The molecule has 0 saturated carbocycles. The van der Waals surface area contributed by atoms with Crippen LogP contribution in [0.5, 0.6) is 0 Å². The number of benzene rings is 2. The average Bonchev–Trinajstić information content (AvgIpc) is 3.30. The molecule has 0 atom stereocenters. The molecule has 1 amide bonds. The Morgan fingerprint density at radius 2 is 2.00 bits per heavy atom. The Balaban J connectivity index is 1.44. The van der Waals surface area contributed by atoms with E-state index in [1.165, 1.54) is 11.1 Å². The number of nitrogens with zero attached hydrogens (tertiary/aromatic N) is 3. The predicted octanol–water partition coefficient (Wildman–Crippen LogP) is 4.42. The number of H-pyrrole nitrogens is 2. The first-order chi connectivity index (χ1) is 14.0. The van der Waals surface area contributed by atoms with Crippen molar-refractivity contribution >= 4 is 28.5 Å². The van der Waals surface area contributed by atoms with Crippen LogP contribution in [0.25, 0.3) is 22.6 Å². The van der Waals surface area contributed by atoms with Gasteiger partial charge >= 0.3 is 0 Å². The number of aromatic amines is 2. The minimum atomic E-state index is -0.0302. The van der Waals surface area contributed by atoms with E-state index in [1.54, 1.807) is 24.3 Å². The van der Waals surface area contributed by atoms with Crippen LogP contribution in [0, 0.1) is 13.8 Å². The molecule has 0 bridgehead atoms. The van der Waals surface area contributed by atoms with Gasteiger partial charge in [0, 0.05) is 22.7 Å². The van der Waals surface area contributed by atoms with Crippen molar-refractivity contribution in [3.8, 4) is 11.5 Å². The van der Waals surface area contributed by atoms with Crippen LogP contribution in [0.2, 0.25) is 5.02 Å². The normalized spacial score (nSPS) is 13.7. The minimum absolute atomic E-state index is 0.0302. The smallest absolute Gasteiger partial charge is 0.254 e. The fraction of sp³-hybridized carbons (Fsp3) is 0.227. The molecule has 0 spiro atoms. The van der Waals surface area contributed by atoms with Crippen LogP contribution in [0.15, 0.2) is 36.4 Å². The molecular weight excluding hydrogens is 386 g/mol. The summed E-state index contributed by atoms with van der Waals surface area (Å²) in [5.74, 6) is 0.755. The number of nitrogens with one attached hydrogen (secondary N) is 2. The van der Waals surface area contributed by atoms with Gasteiger partial charge in [0.2, 0.25) is 0 Å². The summed E-state index contributed by atoms with van der Waals surface area (Å²) in [4.78, 5) is 22.8. The molecule has 0 saturated heterocycles. The maximum absolute atomic E-state index is 12.8. The van der Waals surface area contributed by atoms with Gasteiger partial charge in [-0.25, -0.2) is 4.98 Å². The van der Waals surface area contributed by atoms with Crippen molar-refractivity contribution < 1.29 is 4.79 Å². The number of fused-ring (bicyclic) bond motifs is 2. The number of hydrogen-bond donors (Lipinski definition) is 2. The highest BCUT2D eigenvalue weighted by Gasteiger charge is 2.27. The summed E-state index contributed by atoms with van der Waals surface area (Å²) in [6, 6.07) is 11.3. The van der Waals surface area contributed by atoms with Crippen molar-refractivity contribution in [1.82, 2.24) is 25.1 Å². The van der Waals surface area contributed by atoms with Crippen molar-refractivity contribution in [3.63, 3.8) is 0 Å².